The second-order valence-corrected chi connectivity index (χ2v) is 2.57. The molecular weight excluding hydrogens is 136 g/mol. The Balaban J connectivity index is 2.86. The van der Waals surface area contributed by atoms with E-state index in [2.05, 4.69) is 6.92 Å². The van der Waals surface area contributed by atoms with Gasteiger partial charge in [0.15, 0.2) is 0 Å². The van der Waals surface area contributed by atoms with Gasteiger partial charge in [0, 0.05) is 0 Å². The van der Waals surface area contributed by atoms with Gasteiger partial charge < -0.3 is 11.5 Å². The molecule has 0 spiro atoms. The molecule has 0 unspecified atom stereocenters. The molecule has 1 aromatic carbocycles. The largest absolute Gasteiger partial charge is 0.397 e. The minimum Gasteiger partial charge on any atom is -0.397 e. The fourth-order valence-corrected chi connectivity index (χ4v) is 0.984. The van der Waals surface area contributed by atoms with Crippen LogP contribution >= 0.6 is 0 Å². The molecule has 0 aromatic heterocycles. The average molecular weight is 149 g/mol. The van der Waals surface area contributed by atoms with Crippen LogP contribution in [0.4, 0.5) is 11.4 Å². The monoisotopic (exact) mass is 149 g/mol. The third-order valence-electron chi connectivity index (χ3n) is 1.62. The minimum absolute atomic E-state index is 0.651. The van der Waals surface area contributed by atoms with Crippen LogP contribution in [0.2, 0.25) is 0 Å². The fraction of sp³-hybridized carbons (Fsp3) is 0.222. The molecule has 0 atom stereocenters. The normalized spacial score (nSPS) is 9.91. The number of benzene rings is 1. The van der Waals surface area contributed by atoms with Crippen molar-refractivity contribution in [3.8, 4) is 0 Å². The second kappa shape index (κ2) is 3.28. The molecule has 2 heteroatoms. The Kier molecular flexibility index (Phi) is 2.36. The zero-order valence-corrected chi connectivity index (χ0v) is 6.51. The highest BCUT2D eigenvalue weighted by atomic mass is 14.7. The van der Waals surface area contributed by atoms with Gasteiger partial charge in [-0.05, 0) is 30.5 Å². The summed E-state index contributed by atoms with van der Waals surface area (Å²) in [5, 5.41) is 0. The predicted octanol–water partition coefficient (Wildman–Crippen LogP) is 1.62. The Morgan fingerprint density at radius 3 is 2.45 bits per heavy atom. The van der Waals surface area contributed by atoms with Crippen LogP contribution in [-0.2, 0) is 6.42 Å². The lowest BCUT2D eigenvalue weighted by molar-refractivity contribution is 1.00. The number of aryl methyl sites for hydroxylation is 1. The standard InChI is InChI=1S/C9H13N2/c1-2-3-7-4-5-8(10)9(11)6-7/h4-6H,1-3,10-11H2. The summed E-state index contributed by atoms with van der Waals surface area (Å²) in [4.78, 5) is 0. The SMILES string of the molecule is [CH2]CCc1ccc(N)c(N)c1. The maximum Gasteiger partial charge on any atom is 0.0550 e. The number of anilines is 2. The van der Waals surface area contributed by atoms with Gasteiger partial charge >= 0.3 is 0 Å². The summed E-state index contributed by atoms with van der Waals surface area (Å²) in [5.74, 6) is 0. The highest BCUT2D eigenvalue weighted by Gasteiger charge is 1.95. The maximum atomic E-state index is 5.61. The van der Waals surface area contributed by atoms with Crippen molar-refractivity contribution < 1.29 is 0 Å². The van der Waals surface area contributed by atoms with Crippen LogP contribution in [0.3, 0.4) is 0 Å². The van der Waals surface area contributed by atoms with Crippen molar-refractivity contribution in [2.24, 2.45) is 0 Å². The van der Waals surface area contributed by atoms with Crippen molar-refractivity contribution in [2.75, 3.05) is 11.5 Å². The number of nitrogen functional groups attached to an aromatic ring is 2. The molecule has 1 radical (unpaired) electrons. The highest BCUT2D eigenvalue weighted by molar-refractivity contribution is 5.63. The molecule has 2 nitrogen and oxygen atoms in total. The van der Waals surface area contributed by atoms with E-state index in [1.165, 1.54) is 5.56 Å². The van der Waals surface area contributed by atoms with Crippen molar-refractivity contribution in [1.29, 1.82) is 0 Å². The lowest BCUT2D eigenvalue weighted by Gasteiger charge is -2.02. The highest BCUT2D eigenvalue weighted by Crippen LogP contribution is 2.16. The van der Waals surface area contributed by atoms with E-state index < -0.39 is 0 Å². The Morgan fingerprint density at radius 1 is 1.18 bits per heavy atom. The molecule has 0 heterocycles. The van der Waals surface area contributed by atoms with E-state index in [1.807, 2.05) is 18.2 Å². The fourth-order valence-electron chi connectivity index (χ4n) is 0.984. The quantitative estimate of drug-likeness (QED) is 0.628. The van der Waals surface area contributed by atoms with Crippen LogP contribution in [0.25, 0.3) is 0 Å². The average Bonchev–Trinajstić information content (AvgIpc) is 1.98. The minimum atomic E-state index is 0.651. The Labute approximate surface area is 67.2 Å². The number of rotatable bonds is 2. The molecule has 0 bridgehead atoms. The van der Waals surface area contributed by atoms with Crippen molar-refractivity contribution in [2.45, 2.75) is 12.8 Å². The molecule has 0 aliphatic rings. The first-order valence-corrected chi connectivity index (χ1v) is 3.67. The van der Waals surface area contributed by atoms with Gasteiger partial charge in [-0.25, -0.2) is 0 Å². The summed E-state index contributed by atoms with van der Waals surface area (Å²) in [7, 11) is 0. The molecule has 0 saturated carbocycles. The van der Waals surface area contributed by atoms with E-state index >= 15 is 0 Å². The van der Waals surface area contributed by atoms with Crippen LogP contribution < -0.4 is 11.5 Å². The van der Waals surface area contributed by atoms with E-state index in [-0.39, 0.29) is 0 Å². The van der Waals surface area contributed by atoms with Crippen molar-refractivity contribution in [3.63, 3.8) is 0 Å². The molecule has 1 rings (SSSR count). The zero-order valence-electron chi connectivity index (χ0n) is 6.51. The van der Waals surface area contributed by atoms with Gasteiger partial charge in [0.25, 0.3) is 0 Å². The molecular formula is C9H13N2. The summed E-state index contributed by atoms with van der Waals surface area (Å²) >= 11 is 0. The summed E-state index contributed by atoms with van der Waals surface area (Å²) in [6.07, 6.45) is 1.85. The van der Waals surface area contributed by atoms with Crippen LogP contribution in [0.15, 0.2) is 18.2 Å². The molecule has 0 aliphatic heterocycles. The van der Waals surface area contributed by atoms with Crippen LogP contribution in [0.1, 0.15) is 12.0 Å². The maximum absolute atomic E-state index is 5.61. The third-order valence-corrected chi connectivity index (χ3v) is 1.62. The van der Waals surface area contributed by atoms with E-state index in [4.69, 9.17) is 11.5 Å². The van der Waals surface area contributed by atoms with Crippen LogP contribution in [-0.4, -0.2) is 0 Å². The Hall–Kier alpha value is -1.18. The van der Waals surface area contributed by atoms with E-state index in [9.17, 15) is 0 Å². The van der Waals surface area contributed by atoms with Crippen LogP contribution in [0, 0.1) is 6.92 Å². The molecule has 0 amide bonds. The summed E-state index contributed by atoms with van der Waals surface area (Å²) < 4.78 is 0. The number of hydrogen-bond acceptors (Lipinski definition) is 2. The number of hydrogen-bond donors (Lipinski definition) is 2. The third kappa shape index (κ3) is 1.87. The molecule has 0 aliphatic carbocycles. The summed E-state index contributed by atoms with van der Waals surface area (Å²) in [6.45, 7) is 3.76. The van der Waals surface area contributed by atoms with Crippen molar-refractivity contribution >= 4 is 11.4 Å². The van der Waals surface area contributed by atoms with Gasteiger partial charge in [0.05, 0.1) is 11.4 Å². The topological polar surface area (TPSA) is 52.0 Å². The molecule has 4 N–H and O–H groups in total. The zero-order chi connectivity index (χ0) is 8.27. The molecule has 59 valence electrons. The van der Waals surface area contributed by atoms with Crippen molar-refractivity contribution in [1.82, 2.24) is 0 Å². The second-order valence-electron chi connectivity index (χ2n) is 2.57. The number of nitrogens with two attached hydrogens (primary N) is 2. The van der Waals surface area contributed by atoms with Gasteiger partial charge in [-0.2, -0.15) is 0 Å². The molecule has 11 heavy (non-hydrogen) atoms. The van der Waals surface area contributed by atoms with Gasteiger partial charge in [0.2, 0.25) is 0 Å². The molecule has 0 saturated heterocycles. The van der Waals surface area contributed by atoms with Crippen molar-refractivity contribution in [3.05, 3.63) is 30.7 Å². The predicted molar refractivity (Wildman–Crippen MR) is 48.9 cm³/mol. The van der Waals surface area contributed by atoms with Gasteiger partial charge in [-0.15, -0.1) is 0 Å². The van der Waals surface area contributed by atoms with Gasteiger partial charge in [0.1, 0.15) is 0 Å². The summed E-state index contributed by atoms with van der Waals surface area (Å²) in [6, 6.07) is 5.72. The summed E-state index contributed by atoms with van der Waals surface area (Å²) in [5.41, 5.74) is 13.7. The van der Waals surface area contributed by atoms with E-state index in [0.717, 1.165) is 12.8 Å². The molecule has 0 fully saturated rings. The van der Waals surface area contributed by atoms with Gasteiger partial charge in [-0.3, -0.25) is 0 Å². The Morgan fingerprint density at radius 2 is 1.91 bits per heavy atom. The molecule has 1 aromatic rings. The Bertz CT molecular complexity index is 243. The van der Waals surface area contributed by atoms with E-state index in [1.54, 1.807) is 0 Å². The lowest BCUT2D eigenvalue weighted by Crippen LogP contribution is -1.95. The van der Waals surface area contributed by atoms with E-state index in [0.29, 0.717) is 11.4 Å². The van der Waals surface area contributed by atoms with Crippen LogP contribution in [0.5, 0.6) is 0 Å². The lowest BCUT2D eigenvalue weighted by atomic mass is 10.1. The smallest absolute Gasteiger partial charge is 0.0550 e. The first-order valence-electron chi connectivity index (χ1n) is 3.67. The first kappa shape index (κ1) is 7.92. The first-order chi connectivity index (χ1) is 5.24. The van der Waals surface area contributed by atoms with Gasteiger partial charge in [-0.1, -0.05) is 13.0 Å².